The van der Waals surface area contributed by atoms with Crippen LogP contribution in [-0.4, -0.2) is 33.5 Å². The van der Waals surface area contributed by atoms with Crippen molar-refractivity contribution in [2.45, 2.75) is 13.3 Å². The van der Waals surface area contributed by atoms with Gasteiger partial charge < -0.3 is 14.2 Å². The summed E-state index contributed by atoms with van der Waals surface area (Å²) in [5, 5.41) is 9.09. The van der Waals surface area contributed by atoms with Gasteiger partial charge in [0, 0.05) is 12.6 Å². The van der Waals surface area contributed by atoms with Crippen LogP contribution < -0.4 is 0 Å². The lowest BCUT2D eigenvalue weighted by molar-refractivity contribution is 0.0599. The number of rotatable bonds is 3. The second-order valence-electron chi connectivity index (χ2n) is 3.70. The van der Waals surface area contributed by atoms with Crippen LogP contribution in [0.25, 0.3) is 5.52 Å². The predicted octanol–water partition coefficient (Wildman–Crippen LogP) is 1.38. The predicted molar refractivity (Wildman–Crippen MR) is 62.9 cm³/mol. The molecule has 0 spiro atoms. The van der Waals surface area contributed by atoms with E-state index in [1.165, 1.54) is 13.2 Å². The lowest BCUT2D eigenvalue weighted by atomic mass is 10.2. The molecule has 0 saturated heterocycles. The van der Waals surface area contributed by atoms with E-state index in [2.05, 4.69) is 9.72 Å². The first-order valence-electron chi connectivity index (χ1n) is 5.41. The quantitative estimate of drug-likeness (QED) is 0.830. The molecule has 0 amide bonds. The van der Waals surface area contributed by atoms with Crippen molar-refractivity contribution < 1.29 is 19.4 Å². The van der Waals surface area contributed by atoms with Gasteiger partial charge in [-0.15, -0.1) is 0 Å². The molecule has 0 atom stereocenters. The minimum Gasteiger partial charge on any atom is -0.476 e. The van der Waals surface area contributed by atoms with Crippen molar-refractivity contribution in [1.82, 2.24) is 9.38 Å². The number of imidazole rings is 1. The molecule has 0 aliphatic carbocycles. The van der Waals surface area contributed by atoms with Crippen molar-refractivity contribution in [3.63, 3.8) is 0 Å². The second kappa shape index (κ2) is 4.48. The second-order valence-corrected chi connectivity index (χ2v) is 3.70. The van der Waals surface area contributed by atoms with Gasteiger partial charge in [-0.3, -0.25) is 0 Å². The van der Waals surface area contributed by atoms with Crippen LogP contribution in [0.4, 0.5) is 0 Å². The van der Waals surface area contributed by atoms with Crippen molar-refractivity contribution >= 4 is 17.5 Å². The molecule has 0 radical (unpaired) electrons. The van der Waals surface area contributed by atoms with Crippen LogP contribution in [0.15, 0.2) is 18.3 Å². The summed E-state index contributed by atoms with van der Waals surface area (Å²) in [6.07, 6.45) is 2.23. The summed E-state index contributed by atoms with van der Waals surface area (Å²) in [6.45, 7) is 1.88. The molecule has 2 aromatic heterocycles. The number of aryl methyl sites for hydroxylation is 1. The molecule has 2 rings (SSSR count). The number of pyridine rings is 1. The number of methoxy groups -OCH3 is 1. The number of carboxylic acid groups (broad SMARTS) is 1. The number of esters is 1. The van der Waals surface area contributed by atoms with E-state index in [4.69, 9.17) is 5.11 Å². The van der Waals surface area contributed by atoms with E-state index in [1.54, 1.807) is 16.7 Å². The average molecular weight is 248 g/mol. The molecule has 0 saturated carbocycles. The number of fused-ring (bicyclic) bond motifs is 1. The number of aromatic carboxylic acids is 1. The average Bonchev–Trinajstić information content (AvgIpc) is 2.75. The van der Waals surface area contributed by atoms with Crippen LogP contribution in [0.1, 0.15) is 33.6 Å². The first-order chi connectivity index (χ1) is 8.58. The molecule has 94 valence electrons. The van der Waals surface area contributed by atoms with Crippen LogP contribution in [0.3, 0.4) is 0 Å². The Balaban J connectivity index is 2.70. The Morgan fingerprint density at radius 2 is 2.22 bits per heavy atom. The van der Waals surface area contributed by atoms with E-state index in [9.17, 15) is 9.59 Å². The Labute approximate surface area is 103 Å². The maximum Gasteiger partial charge on any atom is 0.356 e. The molecule has 0 aliphatic heterocycles. The third-order valence-electron chi connectivity index (χ3n) is 2.66. The van der Waals surface area contributed by atoms with E-state index < -0.39 is 11.9 Å². The van der Waals surface area contributed by atoms with Crippen LogP contribution in [0, 0.1) is 0 Å². The Hall–Kier alpha value is -2.37. The maximum absolute atomic E-state index is 11.4. The minimum absolute atomic E-state index is 0.0578. The van der Waals surface area contributed by atoms with Gasteiger partial charge in [0.05, 0.1) is 18.2 Å². The van der Waals surface area contributed by atoms with Gasteiger partial charge >= 0.3 is 11.9 Å². The number of nitrogens with zero attached hydrogens (tertiary/aromatic N) is 2. The number of carboxylic acids is 1. The summed E-state index contributed by atoms with van der Waals surface area (Å²) < 4.78 is 6.27. The standard InChI is InChI=1S/C12H12N2O4/c1-3-9-13-10(11(15)16)8-6-7(12(17)18-2)4-5-14(8)9/h4-6H,3H2,1-2H3,(H,15,16). The number of carbonyl (C=O) groups excluding carboxylic acids is 1. The van der Waals surface area contributed by atoms with E-state index in [1.807, 2.05) is 6.92 Å². The van der Waals surface area contributed by atoms with Gasteiger partial charge in [-0.05, 0) is 12.1 Å². The molecular formula is C12H12N2O4. The first-order valence-corrected chi connectivity index (χ1v) is 5.41. The van der Waals surface area contributed by atoms with E-state index in [0.717, 1.165) is 0 Å². The number of ether oxygens (including phenoxy) is 1. The Bertz CT molecular complexity index is 630. The van der Waals surface area contributed by atoms with Crippen LogP contribution in [-0.2, 0) is 11.2 Å². The zero-order valence-electron chi connectivity index (χ0n) is 10.0. The number of hydrogen-bond donors (Lipinski definition) is 1. The Morgan fingerprint density at radius 3 is 2.78 bits per heavy atom. The highest BCUT2D eigenvalue weighted by molar-refractivity contribution is 5.96. The lowest BCUT2D eigenvalue weighted by Crippen LogP contribution is -2.03. The number of aromatic nitrogens is 2. The van der Waals surface area contributed by atoms with Gasteiger partial charge in [0.2, 0.25) is 0 Å². The van der Waals surface area contributed by atoms with Crippen LogP contribution >= 0.6 is 0 Å². The van der Waals surface area contributed by atoms with Gasteiger partial charge in [-0.1, -0.05) is 6.92 Å². The van der Waals surface area contributed by atoms with Crippen LogP contribution in [0.2, 0.25) is 0 Å². The summed E-state index contributed by atoms with van der Waals surface area (Å²) in [5.74, 6) is -0.985. The fourth-order valence-electron chi connectivity index (χ4n) is 1.80. The van der Waals surface area contributed by atoms with Gasteiger partial charge in [0.15, 0.2) is 5.69 Å². The molecule has 0 unspecified atom stereocenters. The van der Waals surface area contributed by atoms with E-state index in [0.29, 0.717) is 23.3 Å². The molecule has 0 aliphatic rings. The van der Waals surface area contributed by atoms with Crippen molar-refractivity contribution in [2.24, 2.45) is 0 Å². The Kier molecular flexibility index (Phi) is 3.01. The first kappa shape index (κ1) is 12.1. The largest absolute Gasteiger partial charge is 0.476 e. The van der Waals surface area contributed by atoms with Gasteiger partial charge in [-0.2, -0.15) is 0 Å². The molecule has 6 heteroatoms. The minimum atomic E-state index is -1.12. The summed E-state index contributed by atoms with van der Waals surface area (Å²) >= 11 is 0. The zero-order valence-corrected chi connectivity index (χ0v) is 10.0. The molecule has 1 N–H and O–H groups in total. The zero-order chi connectivity index (χ0) is 13.3. The molecule has 0 aromatic carbocycles. The third kappa shape index (κ3) is 1.81. The molecule has 18 heavy (non-hydrogen) atoms. The summed E-state index contributed by atoms with van der Waals surface area (Å²) in [4.78, 5) is 26.6. The van der Waals surface area contributed by atoms with E-state index in [-0.39, 0.29) is 5.69 Å². The maximum atomic E-state index is 11.4. The van der Waals surface area contributed by atoms with Gasteiger partial charge in [0.1, 0.15) is 5.82 Å². The molecule has 0 fully saturated rings. The van der Waals surface area contributed by atoms with Crippen molar-refractivity contribution in [3.05, 3.63) is 35.4 Å². The SMILES string of the molecule is CCc1nc(C(=O)O)c2cc(C(=O)OC)ccn12. The Morgan fingerprint density at radius 1 is 1.50 bits per heavy atom. The van der Waals surface area contributed by atoms with Gasteiger partial charge in [-0.25, -0.2) is 14.6 Å². The fraction of sp³-hybridized carbons (Fsp3) is 0.250. The topological polar surface area (TPSA) is 80.9 Å². The summed E-state index contributed by atoms with van der Waals surface area (Å²) in [5.41, 5.74) is 0.634. The van der Waals surface area contributed by atoms with Crippen molar-refractivity contribution in [2.75, 3.05) is 7.11 Å². The summed E-state index contributed by atoms with van der Waals surface area (Å²) in [7, 11) is 1.28. The summed E-state index contributed by atoms with van der Waals surface area (Å²) in [6, 6.07) is 3.05. The third-order valence-corrected chi connectivity index (χ3v) is 2.66. The molecular weight excluding hydrogens is 236 g/mol. The lowest BCUT2D eigenvalue weighted by Gasteiger charge is -2.02. The normalized spacial score (nSPS) is 10.6. The molecule has 2 heterocycles. The fourth-order valence-corrected chi connectivity index (χ4v) is 1.80. The number of carbonyl (C=O) groups is 2. The number of hydrogen-bond acceptors (Lipinski definition) is 4. The van der Waals surface area contributed by atoms with Crippen molar-refractivity contribution in [1.29, 1.82) is 0 Å². The highest BCUT2D eigenvalue weighted by Crippen LogP contribution is 2.16. The van der Waals surface area contributed by atoms with E-state index >= 15 is 0 Å². The molecule has 6 nitrogen and oxygen atoms in total. The highest BCUT2D eigenvalue weighted by Gasteiger charge is 2.17. The monoisotopic (exact) mass is 248 g/mol. The van der Waals surface area contributed by atoms with Crippen molar-refractivity contribution in [3.8, 4) is 0 Å². The van der Waals surface area contributed by atoms with Crippen LogP contribution in [0.5, 0.6) is 0 Å². The molecule has 0 bridgehead atoms. The highest BCUT2D eigenvalue weighted by atomic mass is 16.5. The van der Waals surface area contributed by atoms with Gasteiger partial charge in [0.25, 0.3) is 0 Å². The molecule has 2 aromatic rings. The smallest absolute Gasteiger partial charge is 0.356 e.